The number of hydrogen-bond donors (Lipinski definition) is 2. The maximum Gasteiger partial charge on any atom is 0.344 e. The number of aromatic nitrogens is 2. The van der Waals surface area contributed by atoms with Crippen LogP contribution < -0.4 is 11.5 Å². The zero-order chi connectivity index (χ0) is 9.59. The van der Waals surface area contributed by atoms with E-state index in [1.165, 1.54) is 0 Å². The molecule has 0 bridgehead atoms. The van der Waals surface area contributed by atoms with Crippen LogP contribution in [-0.4, -0.2) is 9.66 Å². The molecule has 0 amide bonds. The first kappa shape index (κ1) is 8.47. The summed E-state index contributed by atoms with van der Waals surface area (Å²) in [5.41, 5.74) is 0.570. The highest BCUT2D eigenvalue weighted by Gasteiger charge is 2.08. The van der Waals surface area contributed by atoms with Crippen LogP contribution >= 0.6 is 23.2 Å². The molecule has 0 atom stereocenters. The van der Waals surface area contributed by atoms with E-state index in [0.717, 1.165) is 4.68 Å². The number of rotatable bonds is 0. The Morgan fingerprint density at radius 1 is 1.38 bits per heavy atom. The van der Waals surface area contributed by atoms with Gasteiger partial charge in [0.05, 0.1) is 16.1 Å². The molecule has 0 aliphatic rings. The number of nitrogens with zero attached hydrogens (tertiary/aromatic N) is 1. The molecule has 0 aliphatic carbocycles. The summed E-state index contributed by atoms with van der Waals surface area (Å²) in [5, 5.41) is 0.819. The maximum absolute atomic E-state index is 11.1. The van der Waals surface area contributed by atoms with E-state index in [1.807, 2.05) is 0 Å². The van der Waals surface area contributed by atoms with Crippen molar-refractivity contribution in [1.29, 1.82) is 0 Å². The predicted octanol–water partition coefficient (Wildman–Crippen LogP) is 1.35. The number of halogens is 2. The molecule has 6 heteroatoms. The van der Waals surface area contributed by atoms with Crippen molar-refractivity contribution in [2.75, 3.05) is 5.84 Å². The molecule has 0 spiro atoms. The highest BCUT2D eigenvalue weighted by Crippen LogP contribution is 2.24. The Balaban J connectivity index is 3.03. The monoisotopic (exact) mass is 217 g/mol. The lowest BCUT2D eigenvalue weighted by Crippen LogP contribution is -2.23. The van der Waals surface area contributed by atoms with Gasteiger partial charge in [0.1, 0.15) is 0 Å². The predicted molar refractivity (Wildman–Crippen MR) is 52.7 cm³/mol. The van der Waals surface area contributed by atoms with Gasteiger partial charge in [0.2, 0.25) is 0 Å². The van der Waals surface area contributed by atoms with Gasteiger partial charge in [-0.1, -0.05) is 23.2 Å². The molecule has 1 aromatic heterocycles. The minimum Gasteiger partial charge on any atom is -0.335 e. The van der Waals surface area contributed by atoms with Crippen molar-refractivity contribution in [3.8, 4) is 0 Å². The van der Waals surface area contributed by atoms with Crippen LogP contribution in [0.4, 0.5) is 0 Å². The first-order chi connectivity index (χ1) is 6.09. The number of aromatic amines is 1. The van der Waals surface area contributed by atoms with Crippen molar-refractivity contribution in [1.82, 2.24) is 9.66 Å². The van der Waals surface area contributed by atoms with Gasteiger partial charge in [-0.3, -0.25) is 0 Å². The van der Waals surface area contributed by atoms with Crippen LogP contribution in [0.1, 0.15) is 0 Å². The number of H-pyrrole nitrogens is 1. The SMILES string of the molecule is Nn1c(=O)[nH]c2c(Cl)cc(Cl)cc21. The van der Waals surface area contributed by atoms with E-state index in [2.05, 4.69) is 4.98 Å². The van der Waals surface area contributed by atoms with Gasteiger partial charge < -0.3 is 10.8 Å². The quantitative estimate of drug-likeness (QED) is 0.655. The van der Waals surface area contributed by atoms with Crippen LogP contribution in [0.5, 0.6) is 0 Å². The largest absolute Gasteiger partial charge is 0.344 e. The molecule has 0 fully saturated rings. The summed E-state index contributed by atoms with van der Waals surface area (Å²) in [6.45, 7) is 0. The standard InChI is InChI=1S/C7H5Cl2N3O/c8-3-1-4(9)6-5(2-3)12(10)7(13)11-6/h1-2H,10H2,(H,11,13). The van der Waals surface area contributed by atoms with E-state index < -0.39 is 5.69 Å². The zero-order valence-corrected chi connectivity index (χ0v) is 7.86. The molecular weight excluding hydrogens is 213 g/mol. The van der Waals surface area contributed by atoms with Crippen LogP contribution in [0, 0.1) is 0 Å². The number of nitrogens with one attached hydrogen (secondary N) is 1. The molecule has 1 heterocycles. The molecular formula is C7H5Cl2N3O. The van der Waals surface area contributed by atoms with Crippen LogP contribution in [-0.2, 0) is 0 Å². The molecule has 0 aliphatic heterocycles. The lowest BCUT2D eigenvalue weighted by atomic mass is 10.3. The fourth-order valence-electron chi connectivity index (χ4n) is 1.15. The second kappa shape index (κ2) is 2.68. The molecule has 2 rings (SSSR count). The Morgan fingerprint density at radius 2 is 2.08 bits per heavy atom. The van der Waals surface area contributed by atoms with Crippen LogP contribution in [0.3, 0.4) is 0 Å². The highest BCUT2D eigenvalue weighted by atomic mass is 35.5. The first-order valence-corrected chi connectivity index (χ1v) is 4.20. The molecule has 1 aromatic carbocycles. The summed E-state index contributed by atoms with van der Waals surface area (Å²) in [6, 6.07) is 3.11. The van der Waals surface area contributed by atoms with E-state index in [4.69, 9.17) is 29.0 Å². The molecule has 4 nitrogen and oxygen atoms in total. The molecule has 0 saturated carbocycles. The summed E-state index contributed by atoms with van der Waals surface area (Å²) < 4.78 is 0.965. The Kier molecular flexibility index (Phi) is 1.75. The third-order valence-corrected chi connectivity index (χ3v) is 2.26. The Morgan fingerprint density at radius 3 is 2.77 bits per heavy atom. The molecule has 68 valence electrons. The second-order valence-corrected chi connectivity index (χ2v) is 3.43. The number of imidazole rings is 1. The van der Waals surface area contributed by atoms with E-state index in [0.29, 0.717) is 21.1 Å². The van der Waals surface area contributed by atoms with Gasteiger partial charge in [0, 0.05) is 5.02 Å². The minimum absolute atomic E-state index is 0.379. The lowest BCUT2D eigenvalue weighted by Gasteiger charge is -1.96. The Hall–Kier alpha value is -1.13. The summed E-state index contributed by atoms with van der Waals surface area (Å²) in [5.74, 6) is 5.43. The average molecular weight is 218 g/mol. The third kappa shape index (κ3) is 1.18. The van der Waals surface area contributed by atoms with Gasteiger partial charge >= 0.3 is 5.69 Å². The average Bonchev–Trinajstić information content (AvgIpc) is 2.32. The fourth-order valence-corrected chi connectivity index (χ4v) is 1.68. The molecule has 0 radical (unpaired) electrons. The normalized spacial score (nSPS) is 10.9. The van der Waals surface area contributed by atoms with E-state index >= 15 is 0 Å². The van der Waals surface area contributed by atoms with Crippen LogP contribution in [0.2, 0.25) is 10.0 Å². The molecule has 3 N–H and O–H groups in total. The Labute approximate surface area is 82.8 Å². The van der Waals surface area contributed by atoms with Gasteiger partial charge in [0.15, 0.2) is 0 Å². The summed E-state index contributed by atoms with van der Waals surface area (Å²) in [4.78, 5) is 13.6. The van der Waals surface area contributed by atoms with Crippen LogP contribution in [0.15, 0.2) is 16.9 Å². The van der Waals surface area contributed by atoms with E-state index in [1.54, 1.807) is 12.1 Å². The maximum atomic E-state index is 11.1. The van der Waals surface area contributed by atoms with Crippen molar-refractivity contribution in [3.63, 3.8) is 0 Å². The minimum atomic E-state index is -0.417. The van der Waals surface area contributed by atoms with E-state index in [9.17, 15) is 4.79 Å². The second-order valence-electron chi connectivity index (χ2n) is 2.58. The van der Waals surface area contributed by atoms with Crippen molar-refractivity contribution in [3.05, 3.63) is 32.7 Å². The molecule has 2 aromatic rings. The topological polar surface area (TPSA) is 63.8 Å². The van der Waals surface area contributed by atoms with Crippen molar-refractivity contribution >= 4 is 34.2 Å². The highest BCUT2D eigenvalue weighted by molar-refractivity contribution is 6.38. The van der Waals surface area contributed by atoms with E-state index in [-0.39, 0.29) is 0 Å². The Bertz CT molecular complexity index is 528. The van der Waals surface area contributed by atoms with Gasteiger partial charge in [-0.25, -0.2) is 9.47 Å². The smallest absolute Gasteiger partial charge is 0.335 e. The number of nitrogen functional groups attached to an aromatic ring is 1. The van der Waals surface area contributed by atoms with Gasteiger partial charge in [-0.15, -0.1) is 0 Å². The fraction of sp³-hybridized carbons (Fsp3) is 0. The number of fused-ring (bicyclic) bond motifs is 1. The lowest BCUT2D eigenvalue weighted by molar-refractivity contribution is 0.967. The molecule has 0 saturated heterocycles. The van der Waals surface area contributed by atoms with Crippen LogP contribution in [0.25, 0.3) is 11.0 Å². The van der Waals surface area contributed by atoms with Crippen molar-refractivity contribution < 1.29 is 0 Å². The zero-order valence-electron chi connectivity index (χ0n) is 6.34. The molecule has 13 heavy (non-hydrogen) atoms. The number of benzene rings is 1. The number of nitrogens with two attached hydrogens (primary N) is 1. The third-order valence-electron chi connectivity index (χ3n) is 1.74. The number of hydrogen-bond acceptors (Lipinski definition) is 2. The summed E-state index contributed by atoms with van der Waals surface area (Å²) in [7, 11) is 0. The summed E-state index contributed by atoms with van der Waals surface area (Å²) in [6.07, 6.45) is 0. The van der Waals surface area contributed by atoms with Crippen molar-refractivity contribution in [2.45, 2.75) is 0 Å². The van der Waals surface area contributed by atoms with Crippen molar-refractivity contribution in [2.24, 2.45) is 0 Å². The first-order valence-electron chi connectivity index (χ1n) is 3.44. The van der Waals surface area contributed by atoms with Gasteiger partial charge in [-0.2, -0.15) is 0 Å². The molecule has 0 unspecified atom stereocenters. The van der Waals surface area contributed by atoms with Gasteiger partial charge in [0.25, 0.3) is 0 Å². The van der Waals surface area contributed by atoms with Gasteiger partial charge in [-0.05, 0) is 12.1 Å². The summed E-state index contributed by atoms with van der Waals surface area (Å²) >= 11 is 11.6.